The zero-order valence-corrected chi connectivity index (χ0v) is 18.6. The third-order valence-electron chi connectivity index (χ3n) is 5.06. The molecule has 2 N–H and O–H groups in total. The Kier molecular flexibility index (Phi) is 9.12. The summed E-state index contributed by atoms with van der Waals surface area (Å²) in [6.45, 7) is 0. The second-order valence-corrected chi connectivity index (χ2v) is 9.43. The topological polar surface area (TPSA) is 83.5 Å². The number of halogens is 6. The number of benzene rings is 2. The fourth-order valence-corrected chi connectivity index (χ4v) is 4.45. The standard InChI is InChI=1S/C22H23F6NO4S/c23-17-10-12-18(13-11-17)34(32,33)29-19(4-2-14-21(24,25)22(26,27)28)16-8-6-15(7-9-16)3-1-5-20(30)31/h6-13,19,29H,1-5,14H2,(H,30,31)/t19-/m0/s1. The molecule has 5 nitrogen and oxygen atoms in total. The van der Waals surface area contributed by atoms with E-state index in [1.165, 1.54) is 12.1 Å². The van der Waals surface area contributed by atoms with Gasteiger partial charge >= 0.3 is 18.1 Å². The first-order valence-corrected chi connectivity index (χ1v) is 11.7. The van der Waals surface area contributed by atoms with E-state index in [0.717, 1.165) is 29.8 Å². The molecule has 0 amide bonds. The minimum atomic E-state index is -5.71. The molecule has 12 heteroatoms. The van der Waals surface area contributed by atoms with Crippen LogP contribution in [0.3, 0.4) is 0 Å². The van der Waals surface area contributed by atoms with E-state index in [0.29, 0.717) is 18.4 Å². The van der Waals surface area contributed by atoms with Gasteiger partial charge in [-0.25, -0.2) is 17.5 Å². The van der Waals surface area contributed by atoms with Gasteiger partial charge in [-0.1, -0.05) is 24.3 Å². The van der Waals surface area contributed by atoms with Gasteiger partial charge in [0.1, 0.15) is 5.82 Å². The van der Waals surface area contributed by atoms with Gasteiger partial charge in [-0.15, -0.1) is 0 Å². The van der Waals surface area contributed by atoms with E-state index in [9.17, 15) is 39.6 Å². The van der Waals surface area contributed by atoms with Crippen LogP contribution in [0.2, 0.25) is 0 Å². The lowest BCUT2D eigenvalue weighted by Crippen LogP contribution is -2.36. The van der Waals surface area contributed by atoms with Crippen LogP contribution in [0.25, 0.3) is 0 Å². The van der Waals surface area contributed by atoms with Crippen molar-refractivity contribution in [3.05, 3.63) is 65.5 Å². The second-order valence-electron chi connectivity index (χ2n) is 7.71. The summed E-state index contributed by atoms with van der Waals surface area (Å²) in [5.41, 5.74) is 1.07. The molecule has 0 unspecified atom stereocenters. The van der Waals surface area contributed by atoms with Gasteiger partial charge in [0.2, 0.25) is 10.0 Å². The van der Waals surface area contributed by atoms with Crippen molar-refractivity contribution in [1.82, 2.24) is 4.72 Å². The molecule has 0 saturated carbocycles. The van der Waals surface area contributed by atoms with Crippen molar-refractivity contribution < 1.29 is 44.7 Å². The number of carbonyl (C=O) groups is 1. The Morgan fingerprint density at radius 3 is 2.06 bits per heavy atom. The molecule has 0 aliphatic heterocycles. The molecular weight excluding hydrogens is 488 g/mol. The molecule has 2 aromatic carbocycles. The van der Waals surface area contributed by atoms with Crippen LogP contribution in [0, 0.1) is 5.82 Å². The lowest BCUT2D eigenvalue weighted by molar-refractivity contribution is -0.284. The summed E-state index contributed by atoms with van der Waals surface area (Å²) in [6, 6.07) is 8.88. The van der Waals surface area contributed by atoms with Crippen LogP contribution in [0.4, 0.5) is 26.3 Å². The minimum absolute atomic E-state index is 0.0464. The third kappa shape index (κ3) is 8.01. The summed E-state index contributed by atoms with van der Waals surface area (Å²) in [5.74, 6) is -6.55. The van der Waals surface area contributed by atoms with Crippen molar-refractivity contribution in [3.8, 4) is 0 Å². The summed E-state index contributed by atoms with van der Waals surface area (Å²) >= 11 is 0. The lowest BCUT2D eigenvalue weighted by Gasteiger charge is -2.23. The molecule has 2 aromatic rings. The van der Waals surface area contributed by atoms with E-state index >= 15 is 0 Å². The Morgan fingerprint density at radius 1 is 0.941 bits per heavy atom. The van der Waals surface area contributed by atoms with Gasteiger partial charge in [-0.3, -0.25) is 4.79 Å². The number of hydrogen-bond acceptors (Lipinski definition) is 3. The molecule has 0 aliphatic rings. The highest BCUT2D eigenvalue weighted by molar-refractivity contribution is 7.89. The van der Waals surface area contributed by atoms with Gasteiger partial charge in [0.25, 0.3) is 0 Å². The maximum absolute atomic E-state index is 13.3. The third-order valence-corrected chi connectivity index (χ3v) is 6.55. The number of alkyl halides is 5. The molecule has 2 rings (SSSR count). The predicted octanol–water partition coefficient (Wildman–Crippen LogP) is 5.62. The van der Waals surface area contributed by atoms with Crippen molar-refractivity contribution >= 4 is 16.0 Å². The Hall–Kier alpha value is -2.60. The second kappa shape index (κ2) is 11.2. The summed E-state index contributed by atoms with van der Waals surface area (Å²) in [4.78, 5) is 10.3. The Morgan fingerprint density at radius 2 is 1.53 bits per heavy atom. The summed E-state index contributed by atoms with van der Waals surface area (Å²) in [5, 5.41) is 8.71. The number of carboxylic acid groups (broad SMARTS) is 1. The Labute approximate surface area is 192 Å². The average molecular weight is 511 g/mol. The molecule has 0 bridgehead atoms. The first kappa shape index (κ1) is 27.6. The molecule has 188 valence electrons. The first-order chi connectivity index (χ1) is 15.7. The van der Waals surface area contributed by atoms with Crippen LogP contribution >= 0.6 is 0 Å². The average Bonchev–Trinajstić information content (AvgIpc) is 2.72. The number of carboxylic acids is 1. The predicted molar refractivity (Wildman–Crippen MR) is 111 cm³/mol. The van der Waals surface area contributed by atoms with Crippen molar-refractivity contribution in [2.75, 3.05) is 0 Å². The molecule has 0 heterocycles. The zero-order chi connectivity index (χ0) is 25.6. The van der Waals surface area contributed by atoms with E-state index in [-0.39, 0.29) is 17.7 Å². The summed E-state index contributed by atoms with van der Waals surface area (Å²) < 4.78 is 105. The highest BCUT2D eigenvalue weighted by Crippen LogP contribution is 2.39. The maximum atomic E-state index is 13.3. The van der Waals surface area contributed by atoms with E-state index in [1.807, 2.05) is 0 Å². The van der Waals surface area contributed by atoms with Crippen molar-refractivity contribution in [1.29, 1.82) is 0 Å². The Bertz CT molecular complexity index is 1050. The number of aryl methyl sites for hydroxylation is 1. The molecule has 34 heavy (non-hydrogen) atoms. The normalized spacial score (nSPS) is 13.6. The van der Waals surface area contributed by atoms with E-state index < -0.39 is 52.8 Å². The molecule has 0 saturated heterocycles. The molecule has 0 aliphatic carbocycles. The number of nitrogens with one attached hydrogen (secondary N) is 1. The number of aliphatic carboxylic acids is 1. The number of rotatable bonds is 12. The zero-order valence-electron chi connectivity index (χ0n) is 17.8. The van der Waals surface area contributed by atoms with Crippen molar-refractivity contribution in [3.63, 3.8) is 0 Å². The van der Waals surface area contributed by atoms with E-state index in [4.69, 9.17) is 5.11 Å². The van der Waals surface area contributed by atoms with Crippen molar-refractivity contribution in [2.45, 2.75) is 61.6 Å². The van der Waals surface area contributed by atoms with Gasteiger partial charge in [-0.05, 0) is 61.1 Å². The molecular formula is C22H23F6NO4S. The van der Waals surface area contributed by atoms with Crippen molar-refractivity contribution in [2.24, 2.45) is 0 Å². The summed E-state index contributed by atoms with van der Waals surface area (Å²) in [7, 11) is -4.24. The SMILES string of the molecule is O=C(O)CCCc1ccc([C@H](CCCC(F)(F)C(F)(F)F)NS(=O)(=O)c2ccc(F)cc2)cc1. The monoisotopic (exact) mass is 511 g/mol. The number of hydrogen-bond donors (Lipinski definition) is 2. The Balaban J connectivity index is 2.21. The van der Waals surface area contributed by atoms with Gasteiger partial charge in [-0.2, -0.15) is 22.0 Å². The molecule has 0 aromatic heterocycles. The fraction of sp³-hybridized carbons (Fsp3) is 0.409. The lowest BCUT2D eigenvalue weighted by atomic mass is 9.98. The largest absolute Gasteiger partial charge is 0.481 e. The van der Waals surface area contributed by atoms with E-state index in [1.54, 1.807) is 12.1 Å². The van der Waals surface area contributed by atoms with Crippen LogP contribution < -0.4 is 4.72 Å². The fourth-order valence-electron chi connectivity index (χ4n) is 3.19. The molecule has 1 atom stereocenters. The van der Waals surface area contributed by atoms with Crippen LogP contribution in [-0.2, 0) is 21.2 Å². The molecule has 0 fully saturated rings. The van der Waals surface area contributed by atoms with Gasteiger partial charge in [0, 0.05) is 18.9 Å². The summed E-state index contributed by atoms with van der Waals surface area (Å²) in [6.07, 6.45) is -7.48. The van der Waals surface area contributed by atoms with Crippen LogP contribution in [-0.4, -0.2) is 31.6 Å². The number of sulfonamides is 1. The van der Waals surface area contributed by atoms with Crippen LogP contribution in [0.5, 0.6) is 0 Å². The van der Waals surface area contributed by atoms with Gasteiger partial charge in [0.15, 0.2) is 0 Å². The molecule has 0 spiro atoms. The van der Waals surface area contributed by atoms with Gasteiger partial charge < -0.3 is 5.11 Å². The van der Waals surface area contributed by atoms with Crippen LogP contribution in [0.1, 0.15) is 49.3 Å². The highest BCUT2D eigenvalue weighted by Gasteiger charge is 2.56. The highest BCUT2D eigenvalue weighted by atomic mass is 32.2. The smallest absolute Gasteiger partial charge is 0.453 e. The first-order valence-electron chi connectivity index (χ1n) is 10.2. The van der Waals surface area contributed by atoms with E-state index in [2.05, 4.69) is 4.72 Å². The minimum Gasteiger partial charge on any atom is -0.481 e. The molecule has 0 radical (unpaired) electrons. The van der Waals surface area contributed by atoms with Crippen LogP contribution in [0.15, 0.2) is 53.4 Å². The quantitative estimate of drug-likeness (QED) is 0.363. The van der Waals surface area contributed by atoms with Gasteiger partial charge in [0.05, 0.1) is 4.90 Å². The maximum Gasteiger partial charge on any atom is 0.453 e.